The molecule has 8 heteroatoms. The highest BCUT2D eigenvalue weighted by molar-refractivity contribution is 7.87. The summed E-state index contributed by atoms with van der Waals surface area (Å²) in [6.07, 6.45) is -0.988. The Labute approximate surface area is 118 Å². The predicted octanol–water partition coefficient (Wildman–Crippen LogP) is 0.568. The van der Waals surface area contributed by atoms with Gasteiger partial charge in [-0.3, -0.25) is 0 Å². The fourth-order valence-electron chi connectivity index (χ4n) is 1.47. The number of nitrogens with two attached hydrogens (primary N) is 1. The maximum absolute atomic E-state index is 11.8. The average Bonchev–Trinajstić information content (AvgIpc) is 2.39. The Hall–Kier alpha value is -1.64. The molecule has 0 heterocycles. The highest BCUT2D eigenvalue weighted by Crippen LogP contribution is 2.08. The van der Waals surface area contributed by atoms with E-state index in [4.69, 9.17) is 5.73 Å². The highest BCUT2D eigenvalue weighted by atomic mass is 32.2. The summed E-state index contributed by atoms with van der Waals surface area (Å²) in [5, 5.41) is 0. The molecule has 0 unspecified atom stereocenters. The molecule has 0 atom stereocenters. The molecule has 1 rings (SSSR count). The van der Waals surface area contributed by atoms with E-state index in [2.05, 4.69) is 4.74 Å². The van der Waals surface area contributed by atoms with Crippen molar-refractivity contribution in [2.24, 2.45) is 5.73 Å². The molecular formula is C12H19N3O4S. The SMILES string of the molecule is CCOC(=O)NS(=O)(=O)N(C)Cc1ccc(CN)cc1. The van der Waals surface area contributed by atoms with Gasteiger partial charge >= 0.3 is 16.3 Å². The third kappa shape index (κ3) is 4.80. The van der Waals surface area contributed by atoms with Crippen molar-refractivity contribution in [3.05, 3.63) is 35.4 Å². The van der Waals surface area contributed by atoms with E-state index >= 15 is 0 Å². The molecule has 0 aromatic heterocycles. The lowest BCUT2D eigenvalue weighted by Gasteiger charge is -2.17. The molecule has 0 aliphatic heterocycles. The minimum Gasteiger partial charge on any atom is -0.449 e. The van der Waals surface area contributed by atoms with E-state index in [-0.39, 0.29) is 13.2 Å². The number of amides is 1. The van der Waals surface area contributed by atoms with Crippen LogP contribution in [-0.2, 0) is 28.0 Å². The van der Waals surface area contributed by atoms with Crippen molar-refractivity contribution < 1.29 is 17.9 Å². The third-order valence-corrected chi connectivity index (χ3v) is 3.94. The van der Waals surface area contributed by atoms with Crippen molar-refractivity contribution in [1.82, 2.24) is 9.03 Å². The zero-order chi connectivity index (χ0) is 15.2. The van der Waals surface area contributed by atoms with E-state index in [0.717, 1.165) is 15.4 Å². The molecule has 1 amide bonds. The first kappa shape index (κ1) is 16.4. The van der Waals surface area contributed by atoms with Crippen LogP contribution in [0.4, 0.5) is 4.79 Å². The van der Waals surface area contributed by atoms with Crippen molar-refractivity contribution in [2.75, 3.05) is 13.7 Å². The van der Waals surface area contributed by atoms with Gasteiger partial charge in [0.05, 0.1) is 6.61 Å². The molecule has 0 bridgehead atoms. The molecule has 3 N–H and O–H groups in total. The summed E-state index contributed by atoms with van der Waals surface area (Å²) in [6.45, 7) is 2.26. The second-order valence-electron chi connectivity index (χ2n) is 4.10. The van der Waals surface area contributed by atoms with Gasteiger partial charge in [-0.15, -0.1) is 0 Å². The Kier molecular flexibility index (Phi) is 5.93. The fraction of sp³-hybridized carbons (Fsp3) is 0.417. The number of hydrogen-bond donors (Lipinski definition) is 2. The van der Waals surface area contributed by atoms with Gasteiger partial charge in [-0.1, -0.05) is 24.3 Å². The molecular weight excluding hydrogens is 282 g/mol. The van der Waals surface area contributed by atoms with Crippen molar-refractivity contribution in [1.29, 1.82) is 0 Å². The number of nitrogens with one attached hydrogen (secondary N) is 1. The van der Waals surface area contributed by atoms with Crippen molar-refractivity contribution in [3.8, 4) is 0 Å². The minimum atomic E-state index is -3.91. The maximum atomic E-state index is 11.8. The standard InChI is InChI=1S/C12H19N3O4S/c1-3-19-12(16)14-20(17,18)15(2)9-11-6-4-10(8-13)5-7-11/h4-7H,3,8-9,13H2,1-2H3,(H,14,16). The number of benzene rings is 1. The largest absolute Gasteiger partial charge is 0.449 e. The molecule has 0 spiro atoms. The first-order valence-corrected chi connectivity index (χ1v) is 7.51. The lowest BCUT2D eigenvalue weighted by atomic mass is 10.1. The van der Waals surface area contributed by atoms with Crippen LogP contribution < -0.4 is 10.5 Å². The molecule has 7 nitrogen and oxygen atoms in total. The second-order valence-corrected chi connectivity index (χ2v) is 5.88. The van der Waals surface area contributed by atoms with Gasteiger partial charge in [-0.25, -0.2) is 9.52 Å². The predicted molar refractivity (Wildman–Crippen MR) is 74.9 cm³/mol. The smallest absolute Gasteiger partial charge is 0.421 e. The quantitative estimate of drug-likeness (QED) is 0.799. The Bertz CT molecular complexity index is 542. The summed E-state index contributed by atoms with van der Waals surface area (Å²) >= 11 is 0. The zero-order valence-electron chi connectivity index (χ0n) is 11.5. The van der Waals surface area contributed by atoms with Crippen LogP contribution in [0.15, 0.2) is 24.3 Å². The Morgan fingerprint density at radius 2 is 1.85 bits per heavy atom. The molecule has 112 valence electrons. The number of carbonyl (C=O) groups is 1. The molecule has 1 aromatic carbocycles. The van der Waals surface area contributed by atoms with E-state index in [1.807, 2.05) is 16.9 Å². The number of carbonyl (C=O) groups excluding carboxylic acids is 1. The van der Waals surface area contributed by atoms with E-state index < -0.39 is 16.3 Å². The van der Waals surface area contributed by atoms with Crippen molar-refractivity contribution >= 4 is 16.3 Å². The van der Waals surface area contributed by atoms with E-state index in [1.54, 1.807) is 19.1 Å². The van der Waals surface area contributed by atoms with Gasteiger partial charge in [0, 0.05) is 20.1 Å². The maximum Gasteiger partial charge on any atom is 0.421 e. The van der Waals surface area contributed by atoms with Gasteiger partial charge in [0.15, 0.2) is 0 Å². The summed E-state index contributed by atoms with van der Waals surface area (Å²) in [4.78, 5) is 11.1. The van der Waals surface area contributed by atoms with Gasteiger partial charge in [-0.05, 0) is 18.1 Å². The van der Waals surface area contributed by atoms with Gasteiger partial charge in [0.1, 0.15) is 0 Å². The molecule has 0 radical (unpaired) electrons. The topological polar surface area (TPSA) is 102 Å². The first-order valence-electron chi connectivity index (χ1n) is 6.07. The summed E-state index contributed by atoms with van der Waals surface area (Å²) in [6, 6.07) is 7.24. The third-order valence-electron chi connectivity index (χ3n) is 2.56. The number of ether oxygens (including phenoxy) is 1. The van der Waals surface area contributed by atoms with Crippen LogP contribution in [0.25, 0.3) is 0 Å². The van der Waals surface area contributed by atoms with Gasteiger partial charge in [0.2, 0.25) is 0 Å². The molecule has 0 saturated carbocycles. The normalized spacial score (nSPS) is 11.4. The number of hydrogen-bond acceptors (Lipinski definition) is 5. The van der Waals surface area contributed by atoms with E-state index in [0.29, 0.717) is 6.54 Å². The summed E-state index contributed by atoms with van der Waals surface area (Å²) in [7, 11) is -2.54. The van der Waals surface area contributed by atoms with Gasteiger partial charge in [0.25, 0.3) is 0 Å². The Morgan fingerprint density at radius 1 is 1.30 bits per heavy atom. The van der Waals surface area contributed by atoms with Crippen LogP contribution in [0.2, 0.25) is 0 Å². The molecule has 0 aliphatic carbocycles. The van der Waals surface area contributed by atoms with Crippen LogP contribution in [0.5, 0.6) is 0 Å². The van der Waals surface area contributed by atoms with Crippen LogP contribution in [0, 0.1) is 0 Å². The van der Waals surface area contributed by atoms with Crippen LogP contribution in [0.3, 0.4) is 0 Å². The van der Waals surface area contributed by atoms with Crippen LogP contribution in [0.1, 0.15) is 18.1 Å². The number of rotatable bonds is 6. The molecule has 0 saturated heterocycles. The van der Waals surface area contributed by atoms with Crippen molar-refractivity contribution in [3.63, 3.8) is 0 Å². The molecule has 20 heavy (non-hydrogen) atoms. The molecule has 1 aromatic rings. The zero-order valence-corrected chi connectivity index (χ0v) is 12.3. The van der Waals surface area contributed by atoms with Gasteiger partial charge < -0.3 is 10.5 Å². The fourth-order valence-corrected chi connectivity index (χ4v) is 2.21. The Morgan fingerprint density at radius 3 is 2.35 bits per heavy atom. The van der Waals surface area contributed by atoms with Crippen molar-refractivity contribution in [2.45, 2.75) is 20.0 Å². The lowest BCUT2D eigenvalue weighted by Crippen LogP contribution is -2.41. The summed E-state index contributed by atoms with van der Waals surface area (Å²) < 4.78 is 31.1. The second kappa shape index (κ2) is 7.22. The monoisotopic (exact) mass is 301 g/mol. The number of nitrogens with zero attached hydrogens (tertiary/aromatic N) is 1. The Balaban J connectivity index is 2.68. The average molecular weight is 301 g/mol. The lowest BCUT2D eigenvalue weighted by molar-refractivity contribution is 0.158. The van der Waals surface area contributed by atoms with E-state index in [1.165, 1.54) is 7.05 Å². The first-order chi connectivity index (χ1) is 9.39. The van der Waals surface area contributed by atoms with Crippen LogP contribution in [-0.4, -0.2) is 32.5 Å². The van der Waals surface area contributed by atoms with E-state index in [9.17, 15) is 13.2 Å². The van der Waals surface area contributed by atoms with Gasteiger partial charge in [-0.2, -0.15) is 12.7 Å². The van der Waals surface area contributed by atoms with Crippen LogP contribution >= 0.6 is 0 Å². The highest BCUT2D eigenvalue weighted by Gasteiger charge is 2.21. The summed E-state index contributed by atoms with van der Waals surface area (Å²) in [5.41, 5.74) is 7.24. The summed E-state index contributed by atoms with van der Waals surface area (Å²) in [5.74, 6) is 0. The molecule has 0 aliphatic rings. The minimum absolute atomic E-state index is 0.103. The molecule has 0 fully saturated rings.